The lowest BCUT2D eigenvalue weighted by molar-refractivity contribution is -0.142. The Kier molecular flexibility index (Phi) is 5.13. The Hall–Kier alpha value is -1.91. The van der Waals surface area contributed by atoms with E-state index in [0.29, 0.717) is 23.9 Å². The van der Waals surface area contributed by atoms with Crippen LogP contribution in [0.1, 0.15) is 6.92 Å². The Bertz CT molecular complexity index is 375. The number of carbonyl (C=O) groups excluding carboxylic acids is 1. The molecule has 0 saturated carbocycles. The van der Waals surface area contributed by atoms with Gasteiger partial charge >= 0.3 is 5.97 Å². The van der Waals surface area contributed by atoms with Gasteiger partial charge in [-0.2, -0.15) is 0 Å². The molecule has 94 valence electrons. The van der Waals surface area contributed by atoms with Gasteiger partial charge in [0, 0.05) is 6.07 Å². The van der Waals surface area contributed by atoms with Crippen molar-refractivity contribution in [2.75, 3.05) is 27.4 Å². The fraction of sp³-hybridized carbons (Fsp3) is 0.417. The van der Waals surface area contributed by atoms with Crippen LogP contribution in [-0.4, -0.2) is 33.4 Å². The van der Waals surface area contributed by atoms with Gasteiger partial charge in [0.05, 0.1) is 20.8 Å². The maximum Gasteiger partial charge on any atom is 0.343 e. The summed E-state index contributed by atoms with van der Waals surface area (Å²) in [6.45, 7) is 2.31. The van der Waals surface area contributed by atoms with Crippen LogP contribution in [0.2, 0.25) is 0 Å². The van der Waals surface area contributed by atoms with E-state index in [1.165, 1.54) is 7.11 Å². The predicted octanol–water partition coefficient (Wildman–Crippen LogP) is 1.65. The smallest absolute Gasteiger partial charge is 0.343 e. The molecule has 0 saturated heterocycles. The minimum Gasteiger partial charge on any atom is -0.493 e. The number of rotatable bonds is 6. The molecule has 0 heterocycles. The van der Waals surface area contributed by atoms with Gasteiger partial charge in [0.2, 0.25) is 0 Å². The van der Waals surface area contributed by atoms with Gasteiger partial charge in [-0.15, -0.1) is 0 Å². The van der Waals surface area contributed by atoms with E-state index in [1.54, 1.807) is 25.3 Å². The van der Waals surface area contributed by atoms with Crippen LogP contribution in [0.4, 0.5) is 0 Å². The molecule has 0 N–H and O–H groups in total. The van der Waals surface area contributed by atoms with Crippen LogP contribution < -0.4 is 14.2 Å². The molecule has 0 bridgehead atoms. The summed E-state index contributed by atoms with van der Waals surface area (Å²) < 4.78 is 20.2. The molecule has 0 radical (unpaired) electrons. The molecule has 0 spiro atoms. The van der Waals surface area contributed by atoms with Crippen molar-refractivity contribution in [2.24, 2.45) is 0 Å². The van der Waals surface area contributed by atoms with Gasteiger partial charge in [0.25, 0.3) is 0 Å². The molecule has 0 unspecified atom stereocenters. The van der Waals surface area contributed by atoms with Crippen LogP contribution in [0.5, 0.6) is 17.2 Å². The third-order valence-corrected chi connectivity index (χ3v) is 2.02. The van der Waals surface area contributed by atoms with Crippen LogP contribution in [0.25, 0.3) is 0 Å². The van der Waals surface area contributed by atoms with E-state index in [4.69, 9.17) is 14.2 Å². The van der Waals surface area contributed by atoms with E-state index in [-0.39, 0.29) is 6.61 Å². The molecule has 0 aliphatic carbocycles. The van der Waals surface area contributed by atoms with Crippen molar-refractivity contribution in [3.63, 3.8) is 0 Å². The Morgan fingerprint density at radius 1 is 1.18 bits per heavy atom. The molecule has 5 heteroatoms. The molecule has 0 amide bonds. The Morgan fingerprint density at radius 2 is 1.94 bits per heavy atom. The lowest BCUT2D eigenvalue weighted by Crippen LogP contribution is -2.12. The first kappa shape index (κ1) is 13.2. The molecule has 0 atom stereocenters. The van der Waals surface area contributed by atoms with Gasteiger partial charge in [-0.25, -0.2) is 4.79 Å². The number of ether oxygens (including phenoxy) is 4. The Morgan fingerprint density at radius 3 is 2.53 bits per heavy atom. The summed E-state index contributed by atoms with van der Waals surface area (Å²) in [7, 11) is 2.85. The summed E-state index contributed by atoms with van der Waals surface area (Å²) in [6, 6.07) is 5.10. The summed E-state index contributed by atoms with van der Waals surface area (Å²) in [6.07, 6.45) is 0. The highest BCUT2D eigenvalue weighted by Crippen LogP contribution is 2.31. The number of carbonyl (C=O) groups is 1. The number of hydrogen-bond acceptors (Lipinski definition) is 5. The van der Waals surface area contributed by atoms with Crippen molar-refractivity contribution in [2.45, 2.75) is 6.92 Å². The predicted molar refractivity (Wildman–Crippen MR) is 61.7 cm³/mol. The minimum atomic E-state index is -0.433. The summed E-state index contributed by atoms with van der Waals surface area (Å²) in [4.78, 5) is 10.9. The highest BCUT2D eigenvalue weighted by atomic mass is 16.6. The first-order chi connectivity index (χ1) is 8.21. The third-order valence-electron chi connectivity index (χ3n) is 2.02. The van der Waals surface area contributed by atoms with Crippen molar-refractivity contribution in [1.82, 2.24) is 0 Å². The quantitative estimate of drug-likeness (QED) is 0.707. The highest BCUT2D eigenvalue weighted by Gasteiger charge is 2.07. The van der Waals surface area contributed by atoms with E-state index in [9.17, 15) is 4.79 Å². The minimum absolute atomic E-state index is 0.131. The Labute approximate surface area is 100 Å². The first-order valence-electron chi connectivity index (χ1n) is 5.21. The number of esters is 1. The molecule has 0 aromatic heterocycles. The molecular weight excluding hydrogens is 224 g/mol. The third kappa shape index (κ3) is 3.86. The second-order valence-electron chi connectivity index (χ2n) is 3.11. The van der Waals surface area contributed by atoms with Gasteiger partial charge in [-0.05, 0) is 19.1 Å². The van der Waals surface area contributed by atoms with Crippen molar-refractivity contribution in [1.29, 1.82) is 0 Å². The largest absolute Gasteiger partial charge is 0.493 e. The average molecular weight is 240 g/mol. The molecular formula is C12H16O5. The molecule has 1 aromatic rings. The fourth-order valence-corrected chi connectivity index (χ4v) is 1.21. The van der Waals surface area contributed by atoms with Crippen LogP contribution in [0.15, 0.2) is 18.2 Å². The van der Waals surface area contributed by atoms with Gasteiger partial charge in [0.1, 0.15) is 5.75 Å². The van der Waals surface area contributed by atoms with E-state index < -0.39 is 5.97 Å². The molecule has 1 aromatic carbocycles. The van der Waals surface area contributed by atoms with Gasteiger partial charge in [0.15, 0.2) is 18.1 Å². The molecule has 0 aliphatic rings. The summed E-state index contributed by atoms with van der Waals surface area (Å²) >= 11 is 0. The summed E-state index contributed by atoms with van der Waals surface area (Å²) in [5.74, 6) is 1.29. The molecule has 0 fully saturated rings. The van der Waals surface area contributed by atoms with Crippen LogP contribution >= 0.6 is 0 Å². The van der Waals surface area contributed by atoms with Gasteiger partial charge < -0.3 is 18.9 Å². The average Bonchev–Trinajstić information content (AvgIpc) is 2.37. The van der Waals surface area contributed by atoms with E-state index in [1.807, 2.05) is 6.92 Å². The van der Waals surface area contributed by atoms with Crippen molar-refractivity contribution < 1.29 is 23.7 Å². The summed E-state index contributed by atoms with van der Waals surface area (Å²) in [5, 5.41) is 0. The summed E-state index contributed by atoms with van der Waals surface area (Å²) in [5.41, 5.74) is 0. The van der Waals surface area contributed by atoms with Crippen molar-refractivity contribution in [3.8, 4) is 17.2 Å². The number of methoxy groups -OCH3 is 2. The molecule has 17 heavy (non-hydrogen) atoms. The lowest BCUT2D eigenvalue weighted by Gasteiger charge is -2.11. The Balaban J connectivity index is 2.71. The second kappa shape index (κ2) is 6.62. The van der Waals surface area contributed by atoms with Gasteiger partial charge in [-0.1, -0.05) is 0 Å². The topological polar surface area (TPSA) is 54.0 Å². The molecule has 1 rings (SSSR count). The van der Waals surface area contributed by atoms with E-state index >= 15 is 0 Å². The first-order valence-corrected chi connectivity index (χ1v) is 5.21. The zero-order valence-corrected chi connectivity index (χ0v) is 10.2. The van der Waals surface area contributed by atoms with E-state index in [2.05, 4.69) is 4.74 Å². The normalized spacial score (nSPS) is 9.59. The zero-order chi connectivity index (χ0) is 12.7. The molecule has 5 nitrogen and oxygen atoms in total. The van der Waals surface area contributed by atoms with Crippen molar-refractivity contribution >= 4 is 5.97 Å². The van der Waals surface area contributed by atoms with Crippen molar-refractivity contribution in [3.05, 3.63) is 18.2 Å². The van der Waals surface area contributed by atoms with Crippen LogP contribution in [0, 0.1) is 0 Å². The standard InChI is InChI=1S/C12H16O5/c1-4-16-10-6-5-9(7-11(10)14-2)17-8-12(13)15-3/h5-7H,4,8H2,1-3H3. The lowest BCUT2D eigenvalue weighted by atomic mass is 10.3. The van der Waals surface area contributed by atoms with Crippen LogP contribution in [-0.2, 0) is 9.53 Å². The highest BCUT2D eigenvalue weighted by molar-refractivity contribution is 5.70. The SMILES string of the molecule is CCOc1ccc(OCC(=O)OC)cc1OC. The van der Waals surface area contributed by atoms with E-state index in [0.717, 1.165) is 0 Å². The monoisotopic (exact) mass is 240 g/mol. The zero-order valence-electron chi connectivity index (χ0n) is 10.2. The fourth-order valence-electron chi connectivity index (χ4n) is 1.21. The maximum atomic E-state index is 10.9. The number of benzene rings is 1. The second-order valence-corrected chi connectivity index (χ2v) is 3.11. The van der Waals surface area contributed by atoms with Crippen LogP contribution in [0.3, 0.4) is 0 Å². The van der Waals surface area contributed by atoms with Gasteiger partial charge in [-0.3, -0.25) is 0 Å². The maximum absolute atomic E-state index is 10.9. The molecule has 0 aliphatic heterocycles. The number of hydrogen-bond donors (Lipinski definition) is 0.